The Bertz CT molecular complexity index is 992. The number of likely N-dealkylation sites (tertiary alicyclic amines) is 1. The maximum absolute atomic E-state index is 12.5. The second-order valence-corrected chi connectivity index (χ2v) is 7.89. The summed E-state index contributed by atoms with van der Waals surface area (Å²) in [5.41, 5.74) is 0.637. The zero-order chi connectivity index (χ0) is 20.2. The Kier molecular flexibility index (Phi) is 7.12. The van der Waals surface area contributed by atoms with Gasteiger partial charge in [-0.25, -0.2) is 9.78 Å². The first-order valence-corrected chi connectivity index (χ1v) is 10.4. The first-order valence-electron chi connectivity index (χ1n) is 9.56. The molecule has 1 saturated heterocycles. The molecule has 0 aliphatic carbocycles. The second-order valence-electron chi connectivity index (χ2n) is 6.81. The summed E-state index contributed by atoms with van der Waals surface area (Å²) in [6.45, 7) is 3.43. The van der Waals surface area contributed by atoms with Crippen LogP contribution in [-0.4, -0.2) is 47.6 Å². The summed E-state index contributed by atoms with van der Waals surface area (Å²) in [7, 11) is 0. The lowest BCUT2D eigenvalue weighted by molar-refractivity contribution is 0.103. The summed E-state index contributed by atoms with van der Waals surface area (Å²) in [6, 6.07) is 13.6. The molecule has 30 heavy (non-hydrogen) atoms. The minimum atomic E-state index is -0.274. The summed E-state index contributed by atoms with van der Waals surface area (Å²) < 4.78 is 6.12. The van der Waals surface area contributed by atoms with Gasteiger partial charge in [-0.05, 0) is 43.0 Å². The van der Waals surface area contributed by atoms with E-state index in [4.69, 9.17) is 4.74 Å². The van der Waals surface area contributed by atoms with E-state index in [0.717, 1.165) is 16.5 Å². The van der Waals surface area contributed by atoms with Crippen LogP contribution >= 0.6 is 23.7 Å². The number of carbonyl (C=O) groups is 2. The normalized spacial score (nSPS) is 15.5. The highest BCUT2D eigenvalue weighted by Gasteiger charge is 2.27. The van der Waals surface area contributed by atoms with Crippen molar-refractivity contribution < 1.29 is 14.3 Å². The molecule has 2 N–H and O–H groups in total. The minimum Gasteiger partial charge on any atom is -0.450 e. The number of ether oxygens (including phenoxy) is 1. The number of pyridine rings is 1. The van der Waals surface area contributed by atoms with Gasteiger partial charge in [0, 0.05) is 23.8 Å². The van der Waals surface area contributed by atoms with Crippen LogP contribution in [0.1, 0.15) is 23.0 Å². The largest absolute Gasteiger partial charge is 0.450 e. The van der Waals surface area contributed by atoms with Crippen LogP contribution in [0.15, 0.2) is 48.7 Å². The van der Waals surface area contributed by atoms with Crippen molar-refractivity contribution in [3.63, 3.8) is 0 Å². The average molecular weight is 447 g/mol. The highest BCUT2D eigenvalue weighted by molar-refractivity contribution is 7.20. The lowest BCUT2D eigenvalue weighted by atomic mass is 10.2. The van der Waals surface area contributed by atoms with E-state index in [1.165, 1.54) is 11.3 Å². The standard InChI is InChI=1S/C21H22N4O3S.ClH/c1-2-28-21(27)25-10-9-16(13-25)23-19-8-7-15(12-22-19)24-20(26)18-11-14-5-3-4-6-17(14)29-18;/h3-8,11-12,16H,2,9-10,13H2,1H3,(H,22,23)(H,24,26);1H. The number of fused-ring (bicyclic) bond motifs is 1. The molecule has 158 valence electrons. The average Bonchev–Trinajstić information content (AvgIpc) is 3.37. The monoisotopic (exact) mass is 446 g/mol. The van der Waals surface area contributed by atoms with Crippen LogP contribution < -0.4 is 10.6 Å². The van der Waals surface area contributed by atoms with Gasteiger partial charge in [0.25, 0.3) is 5.91 Å². The van der Waals surface area contributed by atoms with Crippen LogP contribution in [0.3, 0.4) is 0 Å². The first kappa shape index (κ1) is 21.9. The third-order valence-electron chi connectivity index (χ3n) is 4.74. The van der Waals surface area contributed by atoms with E-state index in [9.17, 15) is 9.59 Å². The van der Waals surface area contributed by atoms with Gasteiger partial charge < -0.3 is 20.3 Å². The summed E-state index contributed by atoms with van der Waals surface area (Å²) >= 11 is 1.47. The SMILES string of the molecule is CCOC(=O)N1CCC(Nc2ccc(NC(=O)c3cc4ccccc4s3)cn2)C1.Cl. The van der Waals surface area contributed by atoms with Crippen molar-refractivity contribution in [2.75, 3.05) is 30.3 Å². The first-order chi connectivity index (χ1) is 14.1. The number of carbonyl (C=O) groups excluding carboxylic acids is 2. The Morgan fingerprint density at radius 3 is 2.83 bits per heavy atom. The van der Waals surface area contributed by atoms with Gasteiger partial charge in [0.1, 0.15) is 5.82 Å². The van der Waals surface area contributed by atoms with Crippen molar-refractivity contribution in [2.24, 2.45) is 0 Å². The van der Waals surface area contributed by atoms with Crippen LogP contribution in [-0.2, 0) is 4.74 Å². The van der Waals surface area contributed by atoms with Crippen LogP contribution in [0.4, 0.5) is 16.3 Å². The van der Waals surface area contributed by atoms with E-state index < -0.39 is 0 Å². The summed E-state index contributed by atoms with van der Waals surface area (Å²) in [6.07, 6.45) is 2.19. The second kappa shape index (κ2) is 9.77. The van der Waals surface area contributed by atoms with Crippen molar-refractivity contribution in [3.8, 4) is 0 Å². The lowest BCUT2D eigenvalue weighted by Crippen LogP contribution is -2.32. The molecule has 1 unspecified atom stereocenters. The molecule has 7 nitrogen and oxygen atoms in total. The Morgan fingerprint density at radius 1 is 1.27 bits per heavy atom. The van der Waals surface area contributed by atoms with Gasteiger partial charge in [-0.1, -0.05) is 18.2 Å². The number of amides is 2. The lowest BCUT2D eigenvalue weighted by Gasteiger charge is -2.16. The molecule has 2 amide bonds. The third-order valence-corrected chi connectivity index (χ3v) is 5.85. The fourth-order valence-electron chi connectivity index (χ4n) is 3.31. The maximum atomic E-state index is 12.5. The zero-order valence-electron chi connectivity index (χ0n) is 16.5. The highest BCUT2D eigenvalue weighted by atomic mass is 35.5. The maximum Gasteiger partial charge on any atom is 0.409 e. The van der Waals surface area contributed by atoms with Gasteiger partial charge >= 0.3 is 6.09 Å². The molecule has 9 heteroatoms. The van der Waals surface area contributed by atoms with Crippen molar-refractivity contribution in [1.29, 1.82) is 0 Å². The van der Waals surface area contributed by atoms with Gasteiger partial charge in [0.15, 0.2) is 0 Å². The number of hydrogen-bond acceptors (Lipinski definition) is 6. The highest BCUT2D eigenvalue weighted by Crippen LogP contribution is 2.26. The van der Waals surface area contributed by atoms with Gasteiger partial charge in [0.05, 0.1) is 23.4 Å². The van der Waals surface area contributed by atoms with Crippen molar-refractivity contribution >= 4 is 57.3 Å². The van der Waals surface area contributed by atoms with Gasteiger partial charge in [-0.2, -0.15) is 0 Å². The van der Waals surface area contributed by atoms with Crippen LogP contribution in [0.2, 0.25) is 0 Å². The van der Waals surface area contributed by atoms with Crippen LogP contribution in [0.5, 0.6) is 0 Å². The fraction of sp³-hybridized carbons (Fsp3) is 0.286. The van der Waals surface area contributed by atoms with E-state index in [-0.39, 0.29) is 30.4 Å². The molecule has 0 radical (unpaired) electrons. The molecule has 1 aliphatic heterocycles. The van der Waals surface area contributed by atoms with E-state index >= 15 is 0 Å². The molecule has 4 rings (SSSR count). The molecule has 0 saturated carbocycles. The Hall–Kier alpha value is -2.84. The van der Waals surface area contributed by atoms with E-state index in [2.05, 4.69) is 15.6 Å². The topological polar surface area (TPSA) is 83.6 Å². The molecule has 0 bridgehead atoms. The quantitative estimate of drug-likeness (QED) is 0.597. The van der Waals surface area contributed by atoms with E-state index in [1.807, 2.05) is 42.5 Å². The summed E-state index contributed by atoms with van der Waals surface area (Å²) in [5, 5.41) is 7.28. The van der Waals surface area contributed by atoms with Crippen molar-refractivity contribution in [1.82, 2.24) is 9.88 Å². The number of aromatic nitrogens is 1. The molecule has 1 atom stereocenters. The number of rotatable bonds is 5. The zero-order valence-corrected chi connectivity index (χ0v) is 18.1. The predicted octanol–water partition coefficient (Wildman–Crippen LogP) is 4.61. The molecule has 1 aromatic carbocycles. The number of nitrogens with zero attached hydrogens (tertiary/aromatic N) is 2. The van der Waals surface area contributed by atoms with Crippen molar-refractivity contribution in [2.45, 2.75) is 19.4 Å². The van der Waals surface area contributed by atoms with Gasteiger partial charge in [-0.15, -0.1) is 23.7 Å². The van der Waals surface area contributed by atoms with Crippen molar-refractivity contribution in [3.05, 3.63) is 53.5 Å². The van der Waals surface area contributed by atoms with E-state index in [1.54, 1.807) is 18.0 Å². The number of hydrogen-bond donors (Lipinski definition) is 2. The Balaban J connectivity index is 0.00000256. The minimum absolute atomic E-state index is 0. The Morgan fingerprint density at radius 2 is 2.10 bits per heavy atom. The van der Waals surface area contributed by atoms with E-state index in [0.29, 0.717) is 36.1 Å². The molecular formula is C21H23ClN4O3S. The molecule has 3 aromatic rings. The van der Waals surface area contributed by atoms with Crippen LogP contribution in [0, 0.1) is 0 Å². The molecule has 1 fully saturated rings. The Labute approximate surface area is 184 Å². The smallest absolute Gasteiger partial charge is 0.409 e. The number of halogens is 1. The summed E-state index contributed by atoms with van der Waals surface area (Å²) in [5.74, 6) is 0.565. The molecule has 0 spiro atoms. The number of thiophene rings is 1. The molecule has 3 heterocycles. The third kappa shape index (κ3) is 5.01. The molecule has 1 aliphatic rings. The van der Waals surface area contributed by atoms with Crippen LogP contribution in [0.25, 0.3) is 10.1 Å². The number of benzene rings is 1. The van der Waals surface area contributed by atoms with Gasteiger partial charge in [0.2, 0.25) is 0 Å². The fourth-order valence-corrected chi connectivity index (χ4v) is 4.27. The number of anilines is 2. The molecular weight excluding hydrogens is 424 g/mol. The molecule has 2 aromatic heterocycles. The predicted molar refractivity (Wildman–Crippen MR) is 122 cm³/mol. The van der Waals surface area contributed by atoms with Gasteiger partial charge in [-0.3, -0.25) is 4.79 Å². The summed E-state index contributed by atoms with van der Waals surface area (Å²) in [4.78, 5) is 31.0. The number of nitrogens with one attached hydrogen (secondary N) is 2.